The van der Waals surface area contributed by atoms with Crippen LogP contribution in [0.2, 0.25) is 0 Å². The summed E-state index contributed by atoms with van der Waals surface area (Å²) in [6, 6.07) is 18.1. The van der Waals surface area contributed by atoms with Gasteiger partial charge >= 0.3 is 0 Å². The first-order valence-corrected chi connectivity index (χ1v) is 9.02. The molecular weight excluding hydrogens is 352 g/mol. The van der Waals surface area contributed by atoms with Crippen LogP contribution in [0.1, 0.15) is 27.9 Å². The lowest BCUT2D eigenvalue weighted by Crippen LogP contribution is -2.23. The average Bonchev–Trinajstić information content (AvgIpc) is 2.73. The number of anilines is 2. The Morgan fingerprint density at radius 2 is 1.71 bits per heavy atom. The lowest BCUT2D eigenvalue weighted by molar-refractivity contribution is -0.121. The van der Waals surface area contributed by atoms with Gasteiger partial charge in [-0.05, 0) is 47.9 Å². The number of carbonyl (C=O) groups is 2. The van der Waals surface area contributed by atoms with Gasteiger partial charge in [-0.25, -0.2) is 0 Å². The lowest BCUT2D eigenvalue weighted by Gasteiger charge is -2.09. The third-order valence-electron chi connectivity index (χ3n) is 4.28. The highest BCUT2D eigenvalue weighted by Gasteiger charge is 2.08. The van der Waals surface area contributed by atoms with Crippen LogP contribution in [-0.2, 0) is 17.8 Å². The van der Waals surface area contributed by atoms with E-state index in [9.17, 15) is 9.59 Å². The molecule has 6 nitrogen and oxygen atoms in total. The summed E-state index contributed by atoms with van der Waals surface area (Å²) in [7, 11) is 0. The Morgan fingerprint density at radius 3 is 2.43 bits per heavy atom. The van der Waals surface area contributed by atoms with E-state index in [4.69, 9.17) is 5.73 Å². The zero-order valence-corrected chi connectivity index (χ0v) is 15.4. The Morgan fingerprint density at radius 1 is 0.929 bits per heavy atom. The molecule has 0 aliphatic heterocycles. The molecule has 1 heterocycles. The van der Waals surface area contributed by atoms with E-state index < -0.39 is 0 Å². The quantitative estimate of drug-likeness (QED) is 0.553. The van der Waals surface area contributed by atoms with Crippen LogP contribution in [-0.4, -0.2) is 16.8 Å². The number of pyridine rings is 1. The topological polar surface area (TPSA) is 97.1 Å². The summed E-state index contributed by atoms with van der Waals surface area (Å²) < 4.78 is 0. The number of nitrogens with zero attached hydrogens (tertiary/aromatic N) is 1. The van der Waals surface area contributed by atoms with Gasteiger partial charge in [0.1, 0.15) is 0 Å². The highest BCUT2D eigenvalue weighted by atomic mass is 16.2. The van der Waals surface area contributed by atoms with Crippen molar-refractivity contribution in [2.75, 3.05) is 11.1 Å². The zero-order valence-electron chi connectivity index (χ0n) is 15.4. The van der Waals surface area contributed by atoms with Crippen molar-refractivity contribution in [1.82, 2.24) is 10.3 Å². The molecule has 0 atom stereocenters. The summed E-state index contributed by atoms with van der Waals surface area (Å²) in [5.74, 6) is -0.246. The molecule has 3 aromatic rings. The van der Waals surface area contributed by atoms with Crippen LogP contribution >= 0.6 is 0 Å². The molecule has 0 aliphatic rings. The molecule has 4 N–H and O–H groups in total. The maximum Gasteiger partial charge on any atom is 0.255 e. The van der Waals surface area contributed by atoms with Crippen molar-refractivity contribution >= 4 is 23.2 Å². The minimum absolute atomic E-state index is 0.0229. The SMILES string of the molecule is Nc1ccccc1NC(=O)c1ccc(CCC(=O)NCc2cccnc2)cc1. The average molecular weight is 374 g/mol. The fraction of sp³-hybridized carbons (Fsp3) is 0.136. The number of benzene rings is 2. The van der Waals surface area contributed by atoms with Crippen molar-refractivity contribution < 1.29 is 9.59 Å². The van der Waals surface area contributed by atoms with Crippen molar-refractivity contribution in [3.63, 3.8) is 0 Å². The predicted octanol–water partition coefficient (Wildman–Crippen LogP) is 3.17. The standard InChI is InChI=1S/C22H22N4O2/c23-19-5-1-2-6-20(19)26-22(28)18-10-7-16(8-11-18)9-12-21(27)25-15-17-4-3-13-24-14-17/h1-8,10-11,13-14H,9,12,15,23H2,(H,25,27)(H,26,28). The van der Waals surface area contributed by atoms with Gasteiger partial charge in [0.05, 0.1) is 11.4 Å². The van der Waals surface area contributed by atoms with Crippen molar-refractivity contribution in [1.29, 1.82) is 0 Å². The number of rotatable bonds is 7. The van der Waals surface area contributed by atoms with Crippen molar-refractivity contribution in [3.05, 3.63) is 89.7 Å². The van der Waals surface area contributed by atoms with Gasteiger partial charge in [-0.2, -0.15) is 0 Å². The normalized spacial score (nSPS) is 10.3. The minimum Gasteiger partial charge on any atom is -0.397 e. The Labute approximate surface area is 163 Å². The number of aromatic nitrogens is 1. The third-order valence-corrected chi connectivity index (χ3v) is 4.28. The maximum atomic E-state index is 12.3. The Kier molecular flexibility index (Phi) is 6.36. The van der Waals surface area contributed by atoms with Crippen molar-refractivity contribution in [2.45, 2.75) is 19.4 Å². The first-order valence-electron chi connectivity index (χ1n) is 9.02. The van der Waals surface area contributed by atoms with Crippen molar-refractivity contribution in [3.8, 4) is 0 Å². The monoisotopic (exact) mass is 374 g/mol. The molecule has 0 unspecified atom stereocenters. The summed E-state index contributed by atoms with van der Waals surface area (Å²) in [5.41, 5.74) is 9.44. The first-order chi connectivity index (χ1) is 13.6. The molecule has 28 heavy (non-hydrogen) atoms. The maximum absolute atomic E-state index is 12.3. The van der Waals surface area contributed by atoms with Crippen LogP contribution in [0.15, 0.2) is 73.1 Å². The Balaban J connectivity index is 1.48. The van der Waals surface area contributed by atoms with Crippen LogP contribution in [0.5, 0.6) is 0 Å². The highest BCUT2D eigenvalue weighted by Crippen LogP contribution is 2.18. The summed E-state index contributed by atoms with van der Waals surface area (Å²) in [6.45, 7) is 0.467. The van der Waals surface area contributed by atoms with Crippen LogP contribution in [0.3, 0.4) is 0 Å². The minimum atomic E-state index is -0.223. The highest BCUT2D eigenvalue weighted by molar-refractivity contribution is 6.05. The number of carbonyl (C=O) groups excluding carboxylic acids is 2. The third kappa shape index (κ3) is 5.41. The number of aryl methyl sites for hydroxylation is 1. The molecule has 2 aromatic carbocycles. The molecule has 6 heteroatoms. The molecular formula is C22H22N4O2. The number of para-hydroxylation sites is 2. The first kappa shape index (κ1) is 19.1. The van der Waals surface area contributed by atoms with Crippen LogP contribution in [0.4, 0.5) is 11.4 Å². The summed E-state index contributed by atoms with van der Waals surface area (Å²) in [5, 5.41) is 5.67. The van der Waals surface area contributed by atoms with Crippen LogP contribution in [0, 0.1) is 0 Å². The Hall–Kier alpha value is -3.67. The van der Waals surface area contributed by atoms with E-state index in [1.165, 1.54) is 0 Å². The van der Waals surface area contributed by atoms with Crippen LogP contribution < -0.4 is 16.4 Å². The molecule has 0 saturated heterocycles. The molecule has 3 rings (SSSR count). The number of amides is 2. The number of nitrogen functional groups attached to an aromatic ring is 1. The van der Waals surface area contributed by atoms with E-state index in [2.05, 4.69) is 15.6 Å². The van der Waals surface area contributed by atoms with E-state index in [1.54, 1.807) is 36.7 Å². The van der Waals surface area contributed by atoms with Gasteiger partial charge in [-0.15, -0.1) is 0 Å². The number of hydrogen-bond donors (Lipinski definition) is 3. The van der Waals surface area contributed by atoms with Gasteiger partial charge in [0.25, 0.3) is 5.91 Å². The molecule has 0 spiro atoms. The van der Waals surface area contributed by atoms with E-state index >= 15 is 0 Å². The summed E-state index contributed by atoms with van der Waals surface area (Å²) >= 11 is 0. The van der Waals surface area contributed by atoms with E-state index in [0.29, 0.717) is 36.3 Å². The molecule has 0 fully saturated rings. The zero-order chi connectivity index (χ0) is 19.8. The lowest BCUT2D eigenvalue weighted by atomic mass is 10.1. The summed E-state index contributed by atoms with van der Waals surface area (Å²) in [6.07, 6.45) is 4.41. The number of nitrogens with one attached hydrogen (secondary N) is 2. The largest absolute Gasteiger partial charge is 0.397 e. The predicted molar refractivity (Wildman–Crippen MR) is 110 cm³/mol. The fourth-order valence-corrected chi connectivity index (χ4v) is 2.68. The van der Waals surface area contributed by atoms with Crippen molar-refractivity contribution in [2.24, 2.45) is 0 Å². The van der Waals surface area contributed by atoms with E-state index in [1.807, 2.05) is 36.4 Å². The second kappa shape index (κ2) is 9.32. The van der Waals surface area contributed by atoms with Gasteiger partial charge < -0.3 is 16.4 Å². The molecule has 2 amide bonds. The molecule has 0 radical (unpaired) electrons. The second-order valence-electron chi connectivity index (χ2n) is 6.38. The van der Waals surface area contributed by atoms with Gasteiger partial charge in [-0.3, -0.25) is 14.6 Å². The van der Waals surface area contributed by atoms with Gasteiger partial charge in [0.15, 0.2) is 0 Å². The molecule has 142 valence electrons. The van der Waals surface area contributed by atoms with Gasteiger partial charge in [0, 0.05) is 30.9 Å². The van der Waals surface area contributed by atoms with Gasteiger partial charge in [0.2, 0.25) is 5.91 Å². The second-order valence-corrected chi connectivity index (χ2v) is 6.38. The molecule has 0 saturated carbocycles. The van der Waals surface area contributed by atoms with Crippen LogP contribution in [0.25, 0.3) is 0 Å². The molecule has 0 bridgehead atoms. The summed E-state index contributed by atoms with van der Waals surface area (Å²) in [4.78, 5) is 28.3. The molecule has 0 aliphatic carbocycles. The Bertz CT molecular complexity index is 940. The van der Waals surface area contributed by atoms with E-state index in [-0.39, 0.29) is 11.8 Å². The number of nitrogens with two attached hydrogens (primary N) is 1. The van der Waals surface area contributed by atoms with Gasteiger partial charge in [-0.1, -0.05) is 30.3 Å². The van der Waals surface area contributed by atoms with E-state index in [0.717, 1.165) is 11.1 Å². The smallest absolute Gasteiger partial charge is 0.255 e. The molecule has 1 aromatic heterocycles. The number of hydrogen-bond acceptors (Lipinski definition) is 4. The fourth-order valence-electron chi connectivity index (χ4n) is 2.68.